The minimum absolute atomic E-state index is 0.00949. The van der Waals surface area contributed by atoms with Crippen LogP contribution in [-0.2, 0) is 0 Å². The van der Waals surface area contributed by atoms with Crippen LogP contribution in [0.4, 0.5) is 0 Å². The van der Waals surface area contributed by atoms with Gasteiger partial charge >= 0.3 is 5.97 Å². The minimum atomic E-state index is -1.19. The van der Waals surface area contributed by atoms with Gasteiger partial charge < -0.3 is 10.4 Å². The maximum absolute atomic E-state index is 11.9. The largest absolute Gasteiger partial charge is 0.477 e. The van der Waals surface area contributed by atoms with Crippen LogP contribution in [-0.4, -0.2) is 42.6 Å². The van der Waals surface area contributed by atoms with Crippen LogP contribution >= 0.6 is 0 Å². The lowest BCUT2D eigenvalue weighted by Gasteiger charge is -2.09. The van der Waals surface area contributed by atoms with E-state index < -0.39 is 17.9 Å². The van der Waals surface area contributed by atoms with Crippen molar-refractivity contribution in [1.82, 2.24) is 30.9 Å². The summed E-state index contributed by atoms with van der Waals surface area (Å²) in [6.07, 6.45) is 0. The highest BCUT2D eigenvalue weighted by Gasteiger charge is 2.16. The van der Waals surface area contributed by atoms with Crippen molar-refractivity contribution in [2.24, 2.45) is 0 Å². The summed E-state index contributed by atoms with van der Waals surface area (Å²) < 4.78 is 0. The number of amides is 1. The van der Waals surface area contributed by atoms with E-state index >= 15 is 0 Å². The van der Waals surface area contributed by atoms with Crippen molar-refractivity contribution in [2.75, 3.05) is 0 Å². The van der Waals surface area contributed by atoms with Crippen LogP contribution < -0.4 is 5.32 Å². The monoisotopic (exact) mass is 262 g/mol. The molecule has 2 heterocycles. The van der Waals surface area contributed by atoms with Crippen LogP contribution in [0.3, 0.4) is 0 Å². The molecule has 0 aliphatic carbocycles. The third-order valence-electron chi connectivity index (χ3n) is 2.30. The molecule has 0 aliphatic heterocycles. The molecule has 1 amide bonds. The molecule has 0 fully saturated rings. The molecular formula is C10H10N6O3. The van der Waals surface area contributed by atoms with Crippen molar-refractivity contribution in [3.8, 4) is 0 Å². The quantitative estimate of drug-likeness (QED) is 0.693. The van der Waals surface area contributed by atoms with E-state index in [9.17, 15) is 9.59 Å². The summed E-state index contributed by atoms with van der Waals surface area (Å²) in [5.41, 5.74) is -0.185. The Balaban J connectivity index is 2.12. The predicted molar refractivity (Wildman–Crippen MR) is 61.3 cm³/mol. The highest BCUT2D eigenvalue weighted by Crippen LogP contribution is 2.06. The predicted octanol–water partition coefficient (Wildman–Crippen LogP) is -0.216. The van der Waals surface area contributed by atoms with E-state index in [-0.39, 0.29) is 11.4 Å². The van der Waals surface area contributed by atoms with Crippen molar-refractivity contribution in [3.63, 3.8) is 0 Å². The normalized spacial score (nSPS) is 11.8. The molecule has 0 aromatic carbocycles. The second-order valence-electron chi connectivity index (χ2n) is 3.68. The van der Waals surface area contributed by atoms with Crippen molar-refractivity contribution < 1.29 is 14.7 Å². The molecule has 0 spiro atoms. The Morgan fingerprint density at radius 1 is 1.37 bits per heavy atom. The Morgan fingerprint density at radius 2 is 2.11 bits per heavy atom. The molecule has 9 nitrogen and oxygen atoms in total. The van der Waals surface area contributed by atoms with Crippen molar-refractivity contribution in [2.45, 2.75) is 13.0 Å². The van der Waals surface area contributed by atoms with E-state index in [1.165, 1.54) is 18.2 Å². The molecule has 0 aliphatic rings. The first-order chi connectivity index (χ1) is 9.08. The lowest BCUT2D eigenvalue weighted by atomic mass is 10.2. The molecule has 2 rings (SSSR count). The molecule has 2 aromatic rings. The minimum Gasteiger partial charge on any atom is -0.477 e. The molecule has 0 bridgehead atoms. The molecule has 1 atom stereocenters. The Hall–Kier alpha value is -2.84. The average Bonchev–Trinajstić information content (AvgIpc) is 2.92. The summed E-state index contributed by atoms with van der Waals surface area (Å²) in [5.74, 6) is -1.39. The lowest BCUT2D eigenvalue weighted by Crippen LogP contribution is -2.28. The van der Waals surface area contributed by atoms with E-state index in [1.807, 2.05) is 0 Å². The topological polar surface area (TPSA) is 134 Å². The van der Waals surface area contributed by atoms with Gasteiger partial charge in [0.25, 0.3) is 5.91 Å². The molecule has 3 N–H and O–H groups in total. The Kier molecular flexibility index (Phi) is 3.46. The number of hydrogen-bond acceptors (Lipinski definition) is 6. The van der Waals surface area contributed by atoms with Crippen molar-refractivity contribution in [3.05, 3.63) is 35.4 Å². The average molecular weight is 262 g/mol. The fraction of sp³-hybridized carbons (Fsp3) is 0.200. The van der Waals surface area contributed by atoms with Crippen LogP contribution in [0.25, 0.3) is 0 Å². The third-order valence-corrected chi connectivity index (χ3v) is 2.30. The molecule has 0 radical (unpaired) electrons. The molecule has 0 saturated heterocycles. The number of carbonyl (C=O) groups excluding carboxylic acids is 1. The first-order valence-corrected chi connectivity index (χ1v) is 5.32. The van der Waals surface area contributed by atoms with E-state index in [4.69, 9.17) is 5.11 Å². The number of carboxylic acid groups (broad SMARTS) is 1. The first kappa shape index (κ1) is 12.6. The fourth-order valence-electron chi connectivity index (χ4n) is 1.37. The van der Waals surface area contributed by atoms with Gasteiger partial charge in [0.15, 0.2) is 5.82 Å². The summed E-state index contributed by atoms with van der Waals surface area (Å²) in [6, 6.07) is 3.71. The molecule has 9 heteroatoms. The summed E-state index contributed by atoms with van der Waals surface area (Å²) in [7, 11) is 0. The summed E-state index contributed by atoms with van der Waals surface area (Å²) in [4.78, 5) is 26.4. The maximum Gasteiger partial charge on any atom is 0.354 e. The number of carbonyl (C=O) groups is 2. The Bertz CT molecular complexity index is 597. The van der Waals surface area contributed by atoms with Gasteiger partial charge in [-0.15, -0.1) is 10.2 Å². The van der Waals surface area contributed by atoms with Gasteiger partial charge in [-0.25, -0.2) is 9.78 Å². The van der Waals surface area contributed by atoms with Gasteiger partial charge in [-0.3, -0.25) is 4.79 Å². The van der Waals surface area contributed by atoms with Gasteiger partial charge in [0.1, 0.15) is 11.4 Å². The van der Waals surface area contributed by atoms with Gasteiger partial charge in [0, 0.05) is 0 Å². The number of pyridine rings is 1. The van der Waals surface area contributed by atoms with Crippen LogP contribution in [0.1, 0.15) is 39.8 Å². The fourth-order valence-corrected chi connectivity index (χ4v) is 1.37. The molecule has 98 valence electrons. The first-order valence-electron chi connectivity index (χ1n) is 5.32. The number of aromatic nitrogens is 5. The van der Waals surface area contributed by atoms with Gasteiger partial charge in [-0.2, -0.15) is 5.21 Å². The zero-order chi connectivity index (χ0) is 13.8. The lowest BCUT2D eigenvalue weighted by molar-refractivity contribution is 0.0690. The van der Waals surface area contributed by atoms with E-state index in [0.717, 1.165) is 0 Å². The number of hydrogen-bond donors (Lipinski definition) is 3. The third kappa shape index (κ3) is 2.89. The van der Waals surface area contributed by atoms with Crippen LogP contribution in [0.2, 0.25) is 0 Å². The van der Waals surface area contributed by atoms with Crippen molar-refractivity contribution in [1.29, 1.82) is 0 Å². The zero-order valence-corrected chi connectivity index (χ0v) is 9.86. The number of H-pyrrole nitrogens is 1. The molecule has 0 saturated carbocycles. The second kappa shape index (κ2) is 5.21. The van der Waals surface area contributed by atoms with Gasteiger partial charge in [-0.1, -0.05) is 11.3 Å². The number of tetrazole rings is 1. The Labute approximate surface area is 107 Å². The number of nitrogens with one attached hydrogen (secondary N) is 2. The van der Waals surface area contributed by atoms with Gasteiger partial charge in [-0.05, 0) is 19.1 Å². The summed E-state index contributed by atoms with van der Waals surface area (Å²) in [5, 5.41) is 24.5. The van der Waals surface area contributed by atoms with Gasteiger partial charge in [0.05, 0.1) is 6.04 Å². The van der Waals surface area contributed by atoms with Crippen molar-refractivity contribution >= 4 is 11.9 Å². The number of rotatable bonds is 4. The van der Waals surface area contributed by atoms with Crippen LogP contribution in [0.5, 0.6) is 0 Å². The number of aromatic carboxylic acids is 1. The van der Waals surface area contributed by atoms with E-state index in [0.29, 0.717) is 5.82 Å². The maximum atomic E-state index is 11.9. The van der Waals surface area contributed by atoms with Gasteiger partial charge in [0.2, 0.25) is 0 Å². The highest BCUT2D eigenvalue weighted by molar-refractivity contribution is 5.94. The second-order valence-corrected chi connectivity index (χ2v) is 3.68. The van der Waals surface area contributed by atoms with E-state index in [1.54, 1.807) is 6.92 Å². The molecule has 1 unspecified atom stereocenters. The van der Waals surface area contributed by atoms with Crippen LogP contribution in [0.15, 0.2) is 18.2 Å². The number of carboxylic acids is 1. The summed E-state index contributed by atoms with van der Waals surface area (Å²) in [6.45, 7) is 1.67. The summed E-state index contributed by atoms with van der Waals surface area (Å²) >= 11 is 0. The highest BCUT2D eigenvalue weighted by atomic mass is 16.4. The van der Waals surface area contributed by atoms with Crippen LogP contribution in [0, 0.1) is 0 Å². The number of aromatic amines is 1. The Morgan fingerprint density at radius 3 is 2.74 bits per heavy atom. The standard InChI is InChI=1S/C10H10N6O3/c1-5(8-13-15-16-14-8)11-9(17)6-3-2-4-7(12-6)10(18)19/h2-5H,1H3,(H,11,17)(H,18,19)(H,13,14,15,16). The smallest absolute Gasteiger partial charge is 0.354 e. The SMILES string of the molecule is CC(NC(=O)c1cccc(C(=O)O)n1)c1nn[nH]n1. The molecule has 2 aromatic heterocycles. The number of nitrogens with zero attached hydrogens (tertiary/aromatic N) is 4. The molecule has 19 heavy (non-hydrogen) atoms. The van der Waals surface area contributed by atoms with E-state index in [2.05, 4.69) is 30.9 Å². The zero-order valence-electron chi connectivity index (χ0n) is 9.86. The molecular weight excluding hydrogens is 252 g/mol.